The maximum absolute atomic E-state index is 6.07. The third kappa shape index (κ3) is 3.12. The number of fused-ring (bicyclic) bond motifs is 1. The van der Waals surface area contributed by atoms with Crippen molar-refractivity contribution in [2.24, 2.45) is 7.05 Å². The number of benzene rings is 1. The maximum Gasteiger partial charge on any atom is 0.0949 e. The van der Waals surface area contributed by atoms with E-state index in [1.165, 1.54) is 11.3 Å². The van der Waals surface area contributed by atoms with E-state index in [4.69, 9.17) is 16.3 Å². The number of hydrogen-bond acceptors (Lipinski definition) is 3. The molecule has 0 saturated heterocycles. The number of halogens is 1. The second kappa shape index (κ2) is 6.18. The molecule has 2 heterocycles. The van der Waals surface area contributed by atoms with E-state index < -0.39 is 0 Å². The third-order valence-corrected chi connectivity index (χ3v) is 4.20. The topological polar surface area (TPSA) is 30.3 Å². The standard InChI is InChI=1S/C16H20ClN3O/c1-19-11-18-15-9-20(8-13(10-21-2)16(15)19)7-12-4-3-5-14(17)6-12/h3-6,11,13H,7-10H2,1-2H3. The molecule has 1 aliphatic rings. The van der Waals surface area contributed by atoms with Gasteiger partial charge < -0.3 is 9.30 Å². The van der Waals surface area contributed by atoms with Crippen molar-refractivity contribution in [3.8, 4) is 0 Å². The highest BCUT2D eigenvalue weighted by Crippen LogP contribution is 2.28. The Morgan fingerprint density at radius 3 is 3.05 bits per heavy atom. The summed E-state index contributed by atoms with van der Waals surface area (Å²) in [6.45, 7) is 3.46. The molecule has 0 spiro atoms. The number of rotatable bonds is 4. The van der Waals surface area contributed by atoms with Gasteiger partial charge in [-0.3, -0.25) is 4.90 Å². The van der Waals surface area contributed by atoms with E-state index >= 15 is 0 Å². The molecule has 5 heteroatoms. The molecule has 0 saturated carbocycles. The van der Waals surface area contributed by atoms with Crippen LogP contribution in [0.4, 0.5) is 0 Å². The molecule has 1 aromatic heterocycles. The maximum atomic E-state index is 6.07. The van der Waals surface area contributed by atoms with Gasteiger partial charge in [-0.1, -0.05) is 23.7 Å². The molecule has 0 amide bonds. The zero-order chi connectivity index (χ0) is 14.8. The average molecular weight is 306 g/mol. The van der Waals surface area contributed by atoms with Gasteiger partial charge in [0.1, 0.15) is 0 Å². The molecule has 3 rings (SSSR count). The monoisotopic (exact) mass is 305 g/mol. The van der Waals surface area contributed by atoms with E-state index in [9.17, 15) is 0 Å². The summed E-state index contributed by atoms with van der Waals surface area (Å²) in [6, 6.07) is 8.05. The highest BCUT2D eigenvalue weighted by Gasteiger charge is 2.28. The molecule has 1 aliphatic heterocycles. The number of nitrogens with zero attached hydrogens (tertiary/aromatic N) is 3. The second-order valence-corrected chi connectivity index (χ2v) is 6.08. The van der Waals surface area contributed by atoms with E-state index in [1.54, 1.807) is 7.11 Å². The van der Waals surface area contributed by atoms with Crippen molar-refractivity contribution in [1.82, 2.24) is 14.5 Å². The van der Waals surface area contributed by atoms with Crippen molar-refractivity contribution >= 4 is 11.6 Å². The van der Waals surface area contributed by atoms with Crippen molar-refractivity contribution < 1.29 is 4.74 Å². The van der Waals surface area contributed by atoms with Gasteiger partial charge in [-0.15, -0.1) is 0 Å². The van der Waals surface area contributed by atoms with Gasteiger partial charge in [-0.2, -0.15) is 0 Å². The number of aromatic nitrogens is 2. The predicted octanol–water partition coefficient (Wildman–Crippen LogP) is 2.82. The summed E-state index contributed by atoms with van der Waals surface area (Å²) in [5, 5.41) is 0.788. The van der Waals surface area contributed by atoms with Gasteiger partial charge >= 0.3 is 0 Å². The zero-order valence-electron chi connectivity index (χ0n) is 12.4. The van der Waals surface area contributed by atoms with Crippen LogP contribution < -0.4 is 0 Å². The van der Waals surface area contributed by atoms with Crippen LogP contribution in [0.1, 0.15) is 22.9 Å². The molecular formula is C16H20ClN3O. The Kier molecular flexibility index (Phi) is 4.29. The normalized spacial score (nSPS) is 18.7. The highest BCUT2D eigenvalue weighted by molar-refractivity contribution is 6.30. The SMILES string of the molecule is COCC1CN(Cc2cccc(Cl)c2)Cc2ncn(C)c21. The van der Waals surface area contributed by atoms with Crippen LogP contribution in [0.25, 0.3) is 0 Å². The molecule has 0 N–H and O–H groups in total. The van der Waals surface area contributed by atoms with Gasteiger partial charge in [0, 0.05) is 50.4 Å². The summed E-state index contributed by atoms with van der Waals surface area (Å²) < 4.78 is 7.51. The van der Waals surface area contributed by atoms with Crippen LogP contribution in [-0.4, -0.2) is 34.7 Å². The Labute approximate surface area is 130 Å². The van der Waals surface area contributed by atoms with E-state index in [0.717, 1.165) is 37.0 Å². The molecule has 21 heavy (non-hydrogen) atoms. The summed E-state index contributed by atoms with van der Waals surface area (Å²) in [4.78, 5) is 6.95. The van der Waals surface area contributed by atoms with Crippen LogP contribution in [0.3, 0.4) is 0 Å². The lowest BCUT2D eigenvalue weighted by Gasteiger charge is -2.32. The Bertz CT molecular complexity index is 626. The second-order valence-electron chi connectivity index (χ2n) is 5.64. The number of methoxy groups -OCH3 is 1. The van der Waals surface area contributed by atoms with Gasteiger partial charge in [-0.25, -0.2) is 4.98 Å². The Balaban J connectivity index is 1.80. The van der Waals surface area contributed by atoms with Crippen molar-refractivity contribution in [3.05, 3.63) is 52.6 Å². The minimum absolute atomic E-state index is 0.366. The van der Waals surface area contributed by atoms with Gasteiger partial charge in [0.05, 0.1) is 18.6 Å². The van der Waals surface area contributed by atoms with Crippen LogP contribution in [-0.2, 0) is 24.9 Å². The fourth-order valence-electron chi connectivity index (χ4n) is 3.15. The quantitative estimate of drug-likeness (QED) is 0.870. The lowest BCUT2D eigenvalue weighted by atomic mass is 9.98. The summed E-state index contributed by atoms with van der Waals surface area (Å²) in [5.74, 6) is 0.366. The van der Waals surface area contributed by atoms with Crippen molar-refractivity contribution in [1.29, 1.82) is 0 Å². The predicted molar refractivity (Wildman–Crippen MR) is 83.4 cm³/mol. The van der Waals surface area contributed by atoms with E-state index in [0.29, 0.717) is 5.92 Å². The lowest BCUT2D eigenvalue weighted by molar-refractivity contribution is 0.132. The number of aryl methyl sites for hydroxylation is 1. The molecule has 0 bridgehead atoms. The van der Waals surface area contributed by atoms with Crippen LogP contribution in [0, 0.1) is 0 Å². The minimum atomic E-state index is 0.366. The van der Waals surface area contributed by atoms with Gasteiger partial charge in [0.25, 0.3) is 0 Å². The van der Waals surface area contributed by atoms with Crippen molar-refractivity contribution in [3.63, 3.8) is 0 Å². The van der Waals surface area contributed by atoms with E-state index in [2.05, 4.69) is 27.6 Å². The summed E-state index contributed by atoms with van der Waals surface area (Å²) in [5.41, 5.74) is 3.70. The number of imidazole rings is 1. The van der Waals surface area contributed by atoms with Gasteiger partial charge in [-0.05, 0) is 17.7 Å². The first-order chi connectivity index (χ1) is 10.2. The van der Waals surface area contributed by atoms with Crippen molar-refractivity contribution in [2.45, 2.75) is 19.0 Å². The summed E-state index contributed by atoms with van der Waals surface area (Å²) >= 11 is 6.07. The fourth-order valence-corrected chi connectivity index (χ4v) is 3.37. The molecule has 0 fully saturated rings. The molecule has 112 valence electrons. The molecular weight excluding hydrogens is 286 g/mol. The van der Waals surface area contributed by atoms with Crippen LogP contribution >= 0.6 is 11.6 Å². The smallest absolute Gasteiger partial charge is 0.0949 e. The summed E-state index contributed by atoms with van der Waals surface area (Å²) in [7, 11) is 3.81. The molecule has 2 aromatic rings. The van der Waals surface area contributed by atoms with Crippen molar-refractivity contribution in [2.75, 3.05) is 20.3 Å². The third-order valence-electron chi connectivity index (χ3n) is 3.96. The molecule has 4 nitrogen and oxygen atoms in total. The van der Waals surface area contributed by atoms with E-state index in [1.807, 2.05) is 24.5 Å². The first-order valence-electron chi connectivity index (χ1n) is 7.13. The van der Waals surface area contributed by atoms with Gasteiger partial charge in [0.15, 0.2) is 0 Å². The van der Waals surface area contributed by atoms with Crippen LogP contribution in [0.2, 0.25) is 5.02 Å². The van der Waals surface area contributed by atoms with Gasteiger partial charge in [0.2, 0.25) is 0 Å². The highest BCUT2D eigenvalue weighted by atomic mass is 35.5. The zero-order valence-corrected chi connectivity index (χ0v) is 13.2. The number of hydrogen-bond donors (Lipinski definition) is 0. The summed E-state index contributed by atoms with van der Waals surface area (Å²) in [6.07, 6.45) is 1.90. The minimum Gasteiger partial charge on any atom is -0.384 e. The molecule has 1 aromatic carbocycles. The van der Waals surface area contributed by atoms with Crippen LogP contribution in [0.15, 0.2) is 30.6 Å². The largest absolute Gasteiger partial charge is 0.384 e. The van der Waals surface area contributed by atoms with Crippen LogP contribution in [0.5, 0.6) is 0 Å². The first kappa shape index (κ1) is 14.6. The lowest BCUT2D eigenvalue weighted by Crippen LogP contribution is -2.35. The Morgan fingerprint density at radius 1 is 1.43 bits per heavy atom. The molecule has 1 atom stereocenters. The van der Waals surface area contributed by atoms with E-state index in [-0.39, 0.29) is 0 Å². The Morgan fingerprint density at radius 2 is 2.29 bits per heavy atom. The average Bonchev–Trinajstić information content (AvgIpc) is 2.81. The molecule has 0 radical (unpaired) electrons. The first-order valence-corrected chi connectivity index (χ1v) is 7.51. The molecule has 0 aliphatic carbocycles. The fraction of sp³-hybridized carbons (Fsp3) is 0.438. The number of ether oxygens (including phenoxy) is 1. The molecule has 1 unspecified atom stereocenters. The Hall–Kier alpha value is -1.36.